The third-order valence-electron chi connectivity index (χ3n) is 2.98. The molecule has 5 nitrogen and oxygen atoms in total. The fraction of sp³-hybridized carbons (Fsp3) is 0.909. The molecule has 0 aromatic heterocycles. The highest BCUT2D eigenvalue weighted by molar-refractivity contribution is 5.82. The first-order valence-electron chi connectivity index (χ1n) is 5.99. The zero-order chi connectivity index (χ0) is 11.4. The summed E-state index contributed by atoms with van der Waals surface area (Å²) < 4.78 is 10.8. The van der Waals surface area contributed by atoms with E-state index in [9.17, 15) is 4.79 Å². The van der Waals surface area contributed by atoms with Crippen LogP contribution in [0.15, 0.2) is 0 Å². The number of morpholine rings is 1. The minimum absolute atomic E-state index is 0.135. The summed E-state index contributed by atoms with van der Waals surface area (Å²) in [5.74, 6) is 0.150. The number of carbonyl (C=O) groups excluding carboxylic acids is 1. The molecule has 0 aliphatic carbocycles. The summed E-state index contributed by atoms with van der Waals surface area (Å²) in [5.41, 5.74) is 0. The average molecular weight is 228 g/mol. The number of nitrogens with zero attached hydrogens (tertiary/aromatic N) is 1. The van der Waals surface area contributed by atoms with E-state index in [-0.39, 0.29) is 18.1 Å². The summed E-state index contributed by atoms with van der Waals surface area (Å²) in [6.07, 6.45) is 1.06. The highest BCUT2D eigenvalue weighted by atomic mass is 16.5. The van der Waals surface area contributed by atoms with Crippen molar-refractivity contribution in [1.29, 1.82) is 0 Å². The van der Waals surface area contributed by atoms with Crippen LogP contribution in [0, 0.1) is 0 Å². The third kappa shape index (κ3) is 2.93. The summed E-state index contributed by atoms with van der Waals surface area (Å²) in [5, 5.41) is 3.19. The number of rotatable bonds is 1. The van der Waals surface area contributed by atoms with Gasteiger partial charge >= 0.3 is 0 Å². The van der Waals surface area contributed by atoms with E-state index in [0.29, 0.717) is 19.8 Å². The van der Waals surface area contributed by atoms with Gasteiger partial charge in [0.15, 0.2) is 0 Å². The predicted molar refractivity (Wildman–Crippen MR) is 59.2 cm³/mol. The fourth-order valence-electron chi connectivity index (χ4n) is 2.14. The molecule has 0 bridgehead atoms. The SMILES string of the molecule is CC1CN(C(=O)C2COCCN2)CCCO1. The fourth-order valence-corrected chi connectivity index (χ4v) is 2.14. The van der Waals surface area contributed by atoms with E-state index in [0.717, 1.165) is 26.1 Å². The first kappa shape index (κ1) is 11.8. The molecule has 16 heavy (non-hydrogen) atoms. The van der Waals surface area contributed by atoms with Crippen LogP contribution in [0.3, 0.4) is 0 Å². The van der Waals surface area contributed by atoms with E-state index in [1.54, 1.807) is 0 Å². The van der Waals surface area contributed by atoms with Crippen LogP contribution in [0.4, 0.5) is 0 Å². The molecular weight excluding hydrogens is 208 g/mol. The van der Waals surface area contributed by atoms with Crippen molar-refractivity contribution in [1.82, 2.24) is 10.2 Å². The van der Waals surface area contributed by atoms with Crippen molar-refractivity contribution in [3.05, 3.63) is 0 Å². The molecule has 1 amide bonds. The van der Waals surface area contributed by atoms with Gasteiger partial charge in [-0.05, 0) is 13.3 Å². The van der Waals surface area contributed by atoms with E-state index in [2.05, 4.69) is 5.32 Å². The van der Waals surface area contributed by atoms with Crippen molar-refractivity contribution in [3.8, 4) is 0 Å². The second kappa shape index (κ2) is 5.61. The van der Waals surface area contributed by atoms with Gasteiger partial charge < -0.3 is 19.7 Å². The van der Waals surface area contributed by atoms with Crippen LogP contribution < -0.4 is 5.32 Å². The molecule has 0 aromatic rings. The summed E-state index contributed by atoms with van der Waals surface area (Å²) in [6.45, 7) is 6.19. The van der Waals surface area contributed by atoms with E-state index >= 15 is 0 Å². The van der Waals surface area contributed by atoms with Crippen LogP contribution in [0.25, 0.3) is 0 Å². The van der Waals surface area contributed by atoms with Gasteiger partial charge in [0.1, 0.15) is 6.04 Å². The molecule has 0 spiro atoms. The molecule has 2 aliphatic heterocycles. The van der Waals surface area contributed by atoms with Crippen molar-refractivity contribution < 1.29 is 14.3 Å². The zero-order valence-electron chi connectivity index (χ0n) is 9.78. The van der Waals surface area contributed by atoms with Crippen LogP contribution in [0.1, 0.15) is 13.3 Å². The van der Waals surface area contributed by atoms with E-state index in [4.69, 9.17) is 9.47 Å². The molecule has 92 valence electrons. The van der Waals surface area contributed by atoms with Crippen molar-refractivity contribution in [2.45, 2.75) is 25.5 Å². The lowest BCUT2D eigenvalue weighted by atomic mass is 10.2. The monoisotopic (exact) mass is 228 g/mol. The minimum Gasteiger partial charge on any atom is -0.378 e. The molecule has 1 N–H and O–H groups in total. The Hall–Kier alpha value is -0.650. The highest BCUT2D eigenvalue weighted by Crippen LogP contribution is 2.08. The molecule has 5 heteroatoms. The van der Waals surface area contributed by atoms with Gasteiger partial charge in [0.2, 0.25) is 5.91 Å². The zero-order valence-corrected chi connectivity index (χ0v) is 9.78. The van der Waals surface area contributed by atoms with Crippen LogP contribution in [-0.4, -0.2) is 62.4 Å². The smallest absolute Gasteiger partial charge is 0.242 e. The van der Waals surface area contributed by atoms with Crippen molar-refractivity contribution in [2.24, 2.45) is 0 Å². The molecule has 2 atom stereocenters. The molecule has 2 aliphatic rings. The number of ether oxygens (including phenoxy) is 2. The van der Waals surface area contributed by atoms with E-state index in [1.807, 2.05) is 11.8 Å². The standard InChI is InChI=1S/C11H20N2O3/c1-9-7-13(4-2-5-16-9)11(14)10-8-15-6-3-12-10/h9-10,12H,2-8H2,1H3. The van der Waals surface area contributed by atoms with Gasteiger partial charge in [0.25, 0.3) is 0 Å². The van der Waals surface area contributed by atoms with Crippen LogP contribution in [0.5, 0.6) is 0 Å². The number of hydrogen-bond acceptors (Lipinski definition) is 4. The Morgan fingerprint density at radius 1 is 1.44 bits per heavy atom. The number of amides is 1. The maximum atomic E-state index is 12.2. The lowest BCUT2D eigenvalue weighted by molar-refractivity contribution is -0.137. The first-order valence-corrected chi connectivity index (χ1v) is 5.99. The van der Waals surface area contributed by atoms with Gasteiger partial charge in [0.05, 0.1) is 19.3 Å². The lowest BCUT2D eigenvalue weighted by Crippen LogP contribution is -2.53. The largest absolute Gasteiger partial charge is 0.378 e. The topological polar surface area (TPSA) is 50.8 Å². The molecule has 0 aromatic carbocycles. The Balaban J connectivity index is 1.91. The molecular formula is C11H20N2O3. The molecule has 2 saturated heterocycles. The maximum Gasteiger partial charge on any atom is 0.242 e. The Bertz CT molecular complexity index is 241. The summed E-state index contributed by atoms with van der Waals surface area (Å²) in [6, 6.07) is -0.168. The van der Waals surface area contributed by atoms with Crippen LogP contribution in [-0.2, 0) is 14.3 Å². The quantitative estimate of drug-likeness (QED) is 0.664. The second-order valence-corrected chi connectivity index (χ2v) is 4.40. The Labute approximate surface area is 96.1 Å². The summed E-state index contributed by atoms with van der Waals surface area (Å²) in [4.78, 5) is 14.1. The molecule has 2 unspecified atom stereocenters. The van der Waals surface area contributed by atoms with E-state index in [1.165, 1.54) is 0 Å². The molecule has 2 rings (SSSR count). The normalized spacial score (nSPS) is 32.2. The third-order valence-corrected chi connectivity index (χ3v) is 2.98. The average Bonchev–Trinajstić information content (AvgIpc) is 2.54. The molecule has 2 heterocycles. The summed E-state index contributed by atoms with van der Waals surface area (Å²) in [7, 11) is 0. The lowest BCUT2D eigenvalue weighted by Gasteiger charge is -2.29. The van der Waals surface area contributed by atoms with Crippen LogP contribution in [0.2, 0.25) is 0 Å². The van der Waals surface area contributed by atoms with Gasteiger partial charge in [-0.25, -0.2) is 0 Å². The predicted octanol–water partition coefficient (Wildman–Crippen LogP) is -0.388. The Morgan fingerprint density at radius 3 is 3.06 bits per heavy atom. The van der Waals surface area contributed by atoms with Gasteiger partial charge in [-0.15, -0.1) is 0 Å². The maximum absolute atomic E-state index is 12.2. The number of nitrogens with one attached hydrogen (secondary N) is 1. The minimum atomic E-state index is -0.168. The number of carbonyl (C=O) groups is 1. The van der Waals surface area contributed by atoms with Gasteiger partial charge in [-0.1, -0.05) is 0 Å². The molecule has 0 saturated carbocycles. The van der Waals surface area contributed by atoms with Gasteiger partial charge in [-0.2, -0.15) is 0 Å². The van der Waals surface area contributed by atoms with Gasteiger partial charge in [-0.3, -0.25) is 4.79 Å². The van der Waals surface area contributed by atoms with Crippen molar-refractivity contribution >= 4 is 5.91 Å². The van der Waals surface area contributed by atoms with Crippen molar-refractivity contribution in [2.75, 3.05) is 39.5 Å². The van der Waals surface area contributed by atoms with E-state index < -0.39 is 0 Å². The highest BCUT2D eigenvalue weighted by Gasteiger charge is 2.28. The van der Waals surface area contributed by atoms with Gasteiger partial charge in [0, 0.05) is 26.2 Å². The second-order valence-electron chi connectivity index (χ2n) is 4.40. The summed E-state index contributed by atoms with van der Waals surface area (Å²) >= 11 is 0. The Morgan fingerprint density at radius 2 is 2.31 bits per heavy atom. The van der Waals surface area contributed by atoms with Crippen LogP contribution >= 0.6 is 0 Å². The Kier molecular flexibility index (Phi) is 4.15. The number of hydrogen-bond donors (Lipinski definition) is 1. The molecule has 0 radical (unpaired) electrons. The molecule has 2 fully saturated rings. The first-order chi connectivity index (χ1) is 7.77. The van der Waals surface area contributed by atoms with Crippen molar-refractivity contribution in [3.63, 3.8) is 0 Å².